The Morgan fingerprint density at radius 1 is 0.780 bits per heavy atom. The lowest BCUT2D eigenvalue weighted by atomic mass is 9.95. The molecule has 8 rings (SSSR count). The molecule has 2 saturated heterocycles. The van der Waals surface area contributed by atoms with Crippen molar-refractivity contribution in [2.24, 2.45) is 11.8 Å². The summed E-state index contributed by atoms with van der Waals surface area (Å²) in [4.78, 5) is 71.1. The third-order valence-electron chi connectivity index (χ3n) is 12.1. The van der Waals surface area contributed by atoms with E-state index in [2.05, 4.69) is 84.8 Å². The molecule has 2 aromatic heterocycles. The van der Waals surface area contributed by atoms with Crippen LogP contribution in [0, 0.1) is 24.2 Å². The Morgan fingerprint density at radius 2 is 1.39 bits per heavy atom. The standard InChI is InChI=1S/C45H48N8O6/c1-6-34(50-44(56)58-4)42(54)52-19-7-8-37(52)40-46-23-35(48-40)27-11-9-26(10-12-27)28-13-14-30-21-31(16-15-29(30)20-28)36-24-47-41(49-36)39-32-17-18-33(22-32)53(39)43(55)38(25(2)3)51-45(57)59-5/h1,9-16,20-21,23-25,32-34,37-39H,7-8,17-19,22H2,2-5H3,(H,46,48)(H,47,49)(H,50,56)(H,51,57)/t32-,33+,34-,37-,38-,39-/m0/s1. The van der Waals surface area contributed by atoms with Gasteiger partial charge in [-0.2, -0.15) is 0 Å². The van der Waals surface area contributed by atoms with Crippen molar-refractivity contribution < 1.29 is 28.7 Å². The van der Waals surface area contributed by atoms with Crippen LogP contribution >= 0.6 is 0 Å². The molecule has 6 atom stereocenters. The van der Waals surface area contributed by atoms with Crippen LogP contribution in [0.3, 0.4) is 0 Å². The van der Waals surface area contributed by atoms with Crippen molar-refractivity contribution in [3.63, 3.8) is 0 Å². The molecule has 4 heterocycles. The number of hydrogen-bond donors (Lipinski definition) is 4. The molecule has 14 heteroatoms. The predicted molar refractivity (Wildman–Crippen MR) is 221 cm³/mol. The number of piperidine rings is 1. The molecule has 304 valence electrons. The molecule has 0 unspecified atom stereocenters. The lowest BCUT2D eigenvalue weighted by Crippen LogP contribution is -2.54. The van der Waals surface area contributed by atoms with Gasteiger partial charge in [0.15, 0.2) is 6.04 Å². The molecule has 2 aliphatic heterocycles. The molecule has 1 aliphatic carbocycles. The third-order valence-corrected chi connectivity index (χ3v) is 12.1. The number of carbonyl (C=O) groups excluding carboxylic acids is 4. The summed E-state index contributed by atoms with van der Waals surface area (Å²) in [5.41, 5.74) is 5.81. The SMILES string of the molecule is C#C[C@H](NC(=O)OC)C(=O)N1CCC[C@H]1c1ncc(-c2ccc(-c3ccc4cc(-c5cnc([C@@H]6[C@H]7CC[C@H](C7)N6C(=O)[C@@H](NC(=O)OC)C(C)C)[nH]5)ccc4c3)cc2)[nH]1. The monoisotopic (exact) mass is 796 g/mol. The molecule has 5 aromatic rings. The van der Waals surface area contributed by atoms with Gasteiger partial charge >= 0.3 is 12.2 Å². The Morgan fingerprint density at radius 3 is 2.08 bits per heavy atom. The average molecular weight is 797 g/mol. The molecule has 3 aliphatic rings. The second kappa shape index (κ2) is 16.3. The molecule has 0 radical (unpaired) electrons. The summed E-state index contributed by atoms with van der Waals surface area (Å²) >= 11 is 0. The summed E-state index contributed by atoms with van der Waals surface area (Å²) in [5, 5.41) is 7.36. The van der Waals surface area contributed by atoms with Crippen LogP contribution in [0.25, 0.3) is 44.4 Å². The Bertz CT molecular complexity index is 2430. The number of fused-ring (bicyclic) bond motifs is 3. The Balaban J connectivity index is 0.956. The van der Waals surface area contributed by atoms with Crippen LogP contribution in [-0.4, -0.2) is 92.6 Å². The lowest BCUT2D eigenvalue weighted by molar-refractivity contribution is -0.139. The minimum atomic E-state index is -1.13. The minimum absolute atomic E-state index is 0.0964. The first-order valence-electron chi connectivity index (χ1n) is 20.1. The number of amides is 4. The molecule has 3 fully saturated rings. The van der Waals surface area contributed by atoms with Gasteiger partial charge in [0.1, 0.15) is 17.7 Å². The summed E-state index contributed by atoms with van der Waals surface area (Å²) < 4.78 is 9.45. The van der Waals surface area contributed by atoms with Crippen molar-refractivity contribution in [3.8, 4) is 46.0 Å². The summed E-state index contributed by atoms with van der Waals surface area (Å²) in [5.74, 6) is 3.52. The number of methoxy groups -OCH3 is 2. The van der Waals surface area contributed by atoms with Gasteiger partial charge in [0, 0.05) is 18.2 Å². The molecule has 2 bridgehead atoms. The number of hydrogen-bond acceptors (Lipinski definition) is 8. The molecular formula is C45H48N8O6. The van der Waals surface area contributed by atoms with E-state index in [4.69, 9.17) is 16.1 Å². The molecule has 14 nitrogen and oxygen atoms in total. The molecule has 0 spiro atoms. The molecule has 1 saturated carbocycles. The number of rotatable bonds is 10. The first-order valence-corrected chi connectivity index (χ1v) is 20.1. The van der Waals surface area contributed by atoms with Crippen LogP contribution in [0.2, 0.25) is 0 Å². The maximum Gasteiger partial charge on any atom is 0.408 e. The van der Waals surface area contributed by atoms with Gasteiger partial charge in [-0.1, -0.05) is 68.3 Å². The Labute approximate surface area is 342 Å². The van der Waals surface area contributed by atoms with E-state index in [0.29, 0.717) is 18.3 Å². The number of ether oxygens (including phenoxy) is 2. The fraction of sp³-hybridized carbons (Fsp3) is 0.378. The number of benzene rings is 3. The van der Waals surface area contributed by atoms with Crippen LogP contribution in [0.4, 0.5) is 9.59 Å². The quantitative estimate of drug-likeness (QED) is 0.112. The fourth-order valence-electron chi connectivity index (χ4n) is 9.07. The number of aromatic nitrogens is 4. The lowest BCUT2D eigenvalue weighted by Gasteiger charge is -2.37. The topological polar surface area (TPSA) is 175 Å². The van der Waals surface area contributed by atoms with Crippen LogP contribution < -0.4 is 10.6 Å². The first kappa shape index (κ1) is 39.2. The van der Waals surface area contributed by atoms with E-state index in [1.54, 1.807) is 11.1 Å². The van der Waals surface area contributed by atoms with Gasteiger partial charge in [-0.3, -0.25) is 14.9 Å². The van der Waals surface area contributed by atoms with Gasteiger partial charge in [-0.25, -0.2) is 19.6 Å². The smallest absolute Gasteiger partial charge is 0.408 e. The normalized spacial score (nSPS) is 20.7. The zero-order valence-electron chi connectivity index (χ0n) is 33.5. The number of carbonyl (C=O) groups is 4. The average Bonchev–Trinajstić information content (AvgIpc) is 4.12. The Hall–Kier alpha value is -6.62. The van der Waals surface area contributed by atoms with Crippen molar-refractivity contribution in [3.05, 3.63) is 84.7 Å². The minimum Gasteiger partial charge on any atom is -0.453 e. The first-order chi connectivity index (χ1) is 28.6. The number of likely N-dealkylation sites (tertiary alicyclic amines) is 2. The van der Waals surface area contributed by atoms with E-state index in [0.717, 1.165) is 82.3 Å². The van der Waals surface area contributed by atoms with Crippen LogP contribution in [0.1, 0.15) is 69.7 Å². The number of alkyl carbamates (subject to hydrolysis) is 2. The van der Waals surface area contributed by atoms with Gasteiger partial charge < -0.3 is 34.6 Å². The second-order valence-corrected chi connectivity index (χ2v) is 15.9. The number of aromatic amines is 2. The van der Waals surface area contributed by atoms with Crippen LogP contribution in [0.15, 0.2) is 73.1 Å². The number of nitrogens with one attached hydrogen (secondary N) is 4. The van der Waals surface area contributed by atoms with Gasteiger partial charge in [0.05, 0.1) is 50.1 Å². The van der Waals surface area contributed by atoms with Crippen molar-refractivity contribution >= 4 is 34.8 Å². The third kappa shape index (κ3) is 7.60. The second-order valence-electron chi connectivity index (χ2n) is 15.9. The van der Waals surface area contributed by atoms with Gasteiger partial charge in [0.25, 0.3) is 5.91 Å². The van der Waals surface area contributed by atoms with Gasteiger partial charge in [-0.05, 0) is 83.5 Å². The summed E-state index contributed by atoms with van der Waals surface area (Å²) in [6.45, 7) is 4.36. The number of H-pyrrole nitrogens is 2. The molecular weight excluding hydrogens is 749 g/mol. The fourth-order valence-corrected chi connectivity index (χ4v) is 9.07. The van der Waals surface area contributed by atoms with Crippen molar-refractivity contribution in [1.82, 2.24) is 40.4 Å². The van der Waals surface area contributed by atoms with Crippen molar-refractivity contribution in [1.29, 1.82) is 0 Å². The van der Waals surface area contributed by atoms with Gasteiger partial charge in [0.2, 0.25) is 5.91 Å². The maximum absolute atomic E-state index is 14.0. The highest BCUT2D eigenvalue weighted by atomic mass is 16.5. The van der Waals surface area contributed by atoms with E-state index >= 15 is 0 Å². The van der Waals surface area contributed by atoms with Crippen LogP contribution in [0.5, 0.6) is 0 Å². The summed E-state index contributed by atoms with van der Waals surface area (Å²) in [7, 11) is 2.52. The number of nitrogens with zero attached hydrogens (tertiary/aromatic N) is 4. The summed E-state index contributed by atoms with van der Waals surface area (Å²) in [6.07, 6.45) is 12.2. The molecule has 3 aromatic carbocycles. The van der Waals surface area contributed by atoms with E-state index in [-0.39, 0.29) is 35.9 Å². The van der Waals surface area contributed by atoms with Crippen molar-refractivity contribution in [2.45, 2.75) is 76.2 Å². The highest BCUT2D eigenvalue weighted by molar-refractivity contribution is 5.91. The Kier molecular flexibility index (Phi) is 10.9. The highest BCUT2D eigenvalue weighted by Crippen LogP contribution is 2.50. The predicted octanol–water partition coefficient (Wildman–Crippen LogP) is 6.74. The molecule has 4 amide bonds. The number of imidazole rings is 2. The van der Waals surface area contributed by atoms with Crippen molar-refractivity contribution in [2.75, 3.05) is 20.8 Å². The highest BCUT2D eigenvalue weighted by Gasteiger charge is 2.51. The van der Waals surface area contributed by atoms with E-state index in [9.17, 15) is 19.2 Å². The van der Waals surface area contributed by atoms with E-state index in [1.807, 2.05) is 37.1 Å². The molecule has 59 heavy (non-hydrogen) atoms. The van der Waals surface area contributed by atoms with E-state index in [1.165, 1.54) is 14.2 Å². The number of terminal acetylenes is 1. The largest absolute Gasteiger partial charge is 0.453 e. The zero-order chi connectivity index (χ0) is 41.4. The van der Waals surface area contributed by atoms with E-state index < -0.39 is 24.3 Å². The van der Waals surface area contributed by atoms with Gasteiger partial charge in [-0.15, -0.1) is 6.42 Å². The van der Waals surface area contributed by atoms with Crippen LogP contribution in [-0.2, 0) is 19.1 Å². The summed E-state index contributed by atoms with van der Waals surface area (Å²) in [6, 6.07) is 18.9. The zero-order valence-corrected chi connectivity index (χ0v) is 33.5. The maximum atomic E-state index is 14.0. The molecule has 4 N–H and O–H groups in total.